The van der Waals surface area contributed by atoms with E-state index in [1.54, 1.807) is 0 Å². The van der Waals surface area contributed by atoms with Crippen molar-refractivity contribution < 1.29 is 9.53 Å². The number of fused-ring (bicyclic) bond motifs is 1. The van der Waals surface area contributed by atoms with Crippen molar-refractivity contribution in [3.63, 3.8) is 0 Å². The molecule has 0 bridgehead atoms. The van der Waals surface area contributed by atoms with E-state index < -0.39 is 0 Å². The van der Waals surface area contributed by atoms with Crippen LogP contribution < -0.4 is 15.8 Å². The molecule has 0 fully saturated rings. The van der Waals surface area contributed by atoms with Crippen molar-refractivity contribution in [3.05, 3.63) is 42.5 Å². The summed E-state index contributed by atoms with van der Waals surface area (Å²) < 4.78 is 7.39. The van der Waals surface area contributed by atoms with Crippen LogP contribution in [0.2, 0.25) is 0 Å². The van der Waals surface area contributed by atoms with Gasteiger partial charge in [0.1, 0.15) is 5.75 Å². The number of carbonyl (C=O) groups excluding carboxylic acids is 1. The lowest BCUT2D eigenvalue weighted by Gasteiger charge is -2.10. The van der Waals surface area contributed by atoms with Gasteiger partial charge in [-0.1, -0.05) is 23.9 Å². The van der Waals surface area contributed by atoms with Gasteiger partial charge in [-0.05, 0) is 37.3 Å². The zero-order chi connectivity index (χ0) is 16.9. The maximum Gasteiger partial charge on any atom is 0.234 e. The molecule has 7 heteroatoms. The van der Waals surface area contributed by atoms with Crippen molar-refractivity contribution >= 4 is 50.6 Å². The molecular weight excluding hydrogens is 342 g/mol. The maximum absolute atomic E-state index is 12.2. The predicted octanol–water partition coefficient (Wildman–Crippen LogP) is 4.01. The first-order valence-electron chi connectivity index (χ1n) is 7.46. The number of nitrogens with one attached hydrogen (secondary N) is 1. The topological polar surface area (TPSA) is 77.2 Å². The van der Waals surface area contributed by atoms with Gasteiger partial charge in [0, 0.05) is 5.69 Å². The quantitative estimate of drug-likeness (QED) is 0.514. The average molecular weight is 359 g/mol. The number of thiazole rings is 1. The van der Waals surface area contributed by atoms with Gasteiger partial charge in [0.2, 0.25) is 5.91 Å². The van der Waals surface area contributed by atoms with Crippen LogP contribution in [0, 0.1) is 0 Å². The van der Waals surface area contributed by atoms with Gasteiger partial charge in [0.15, 0.2) is 4.34 Å². The van der Waals surface area contributed by atoms with E-state index >= 15 is 0 Å². The first-order valence-corrected chi connectivity index (χ1v) is 9.26. The minimum Gasteiger partial charge on any atom is -0.492 e. The molecular formula is C17H17N3O2S2. The number of carbonyl (C=O) groups is 1. The highest BCUT2D eigenvalue weighted by Gasteiger charge is 2.10. The number of nitrogen functional groups attached to an aromatic ring is 1. The van der Waals surface area contributed by atoms with E-state index in [-0.39, 0.29) is 11.7 Å². The second-order valence-corrected chi connectivity index (χ2v) is 7.23. The molecule has 0 atom stereocenters. The number of anilines is 2. The van der Waals surface area contributed by atoms with Gasteiger partial charge < -0.3 is 15.8 Å². The normalized spacial score (nSPS) is 10.7. The zero-order valence-electron chi connectivity index (χ0n) is 13.1. The molecule has 3 N–H and O–H groups in total. The summed E-state index contributed by atoms with van der Waals surface area (Å²) in [4.78, 5) is 16.7. The van der Waals surface area contributed by atoms with Crippen LogP contribution in [0.4, 0.5) is 11.4 Å². The fourth-order valence-corrected chi connectivity index (χ4v) is 4.06. The molecule has 2 aromatic carbocycles. The Labute approximate surface area is 148 Å². The molecule has 0 aliphatic heterocycles. The SMILES string of the molecule is CCOc1ccccc1NC(=O)CSc1nc2ccc(N)cc2s1. The Hall–Kier alpha value is -2.25. The van der Waals surface area contributed by atoms with E-state index in [9.17, 15) is 4.79 Å². The third-order valence-corrected chi connectivity index (χ3v) is 5.34. The molecule has 5 nitrogen and oxygen atoms in total. The van der Waals surface area contributed by atoms with Crippen molar-refractivity contribution in [1.29, 1.82) is 0 Å². The summed E-state index contributed by atoms with van der Waals surface area (Å²) in [5, 5.41) is 2.88. The number of para-hydroxylation sites is 2. The van der Waals surface area contributed by atoms with Gasteiger partial charge in [-0.2, -0.15) is 0 Å². The Morgan fingerprint density at radius 2 is 2.17 bits per heavy atom. The predicted molar refractivity (Wildman–Crippen MR) is 101 cm³/mol. The number of thioether (sulfide) groups is 1. The number of amides is 1. The summed E-state index contributed by atoms with van der Waals surface area (Å²) in [6.07, 6.45) is 0. The molecule has 124 valence electrons. The minimum absolute atomic E-state index is 0.0917. The number of ether oxygens (including phenoxy) is 1. The molecule has 0 spiro atoms. The number of hydrogen-bond donors (Lipinski definition) is 2. The van der Waals surface area contributed by atoms with Gasteiger partial charge in [0.05, 0.1) is 28.3 Å². The highest BCUT2D eigenvalue weighted by Crippen LogP contribution is 2.31. The fraction of sp³-hybridized carbons (Fsp3) is 0.176. The number of nitrogens with two attached hydrogens (primary N) is 1. The number of hydrogen-bond acceptors (Lipinski definition) is 6. The second kappa shape index (κ2) is 7.55. The third kappa shape index (κ3) is 3.98. The monoisotopic (exact) mass is 359 g/mol. The number of nitrogens with zero attached hydrogens (tertiary/aromatic N) is 1. The Balaban J connectivity index is 1.62. The van der Waals surface area contributed by atoms with E-state index in [1.165, 1.54) is 23.1 Å². The van der Waals surface area contributed by atoms with Crippen LogP contribution in [0.3, 0.4) is 0 Å². The first kappa shape index (κ1) is 16.6. The van der Waals surface area contributed by atoms with Crippen LogP contribution in [-0.2, 0) is 4.79 Å². The van der Waals surface area contributed by atoms with Gasteiger partial charge in [-0.3, -0.25) is 4.79 Å². The van der Waals surface area contributed by atoms with Crippen LogP contribution >= 0.6 is 23.1 Å². The van der Waals surface area contributed by atoms with Crippen molar-refractivity contribution in [2.75, 3.05) is 23.4 Å². The van der Waals surface area contributed by atoms with Crippen molar-refractivity contribution in [2.45, 2.75) is 11.3 Å². The minimum atomic E-state index is -0.0917. The highest BCUT2D eigenvalue weighted by molar-refractivity contribution is 8.01. The smallest absolute Gasteiger partial charge is 0.234 e. The van der Waals surface area contributed by atoms with Crippen LogP contribution in [-0.4, -0.2) is 23.3 Å². The van der Waals surface area contributed by atoms with E-state index in [2.05, 4.69) is 10.3 Å². The molecule has 0 unspecified atom stereocenters. The zero-order valence-corrected chi connectivity index (χ0v) is 14.7. The standard InChI is InChI=1S/C17H17N3O2S2/c1-2-22-14-6-4-3-5-12(14)19-16(21)10-23-17-20-13-8-7-11(18)9-15(13)24-17/h3-9H,2,10,18H2,1H3,(H,19,21). The third-order valence-electron chi connectivity index (χ3n) is 3.18. The van der Waals surface area contributed by atoms with Crippen LogP contribution in [0.15, 0.2) is 46.8 Å². The summed E-state index contributed by atoms with van der Waals surface area (Å²) in [7, 11) is 0. The Kier molecular flexibility index (Phi) is 5.22. The van der Waals surface area contributed by atoms with Crippen LogP contribution in [0.25, 0.3) is 10.2 Å². The summed E-state index contributed by atoms with van der Waals surface area (Å²) in [6, 6.07) is 13.0. The molecule has 3 rings (SSSR count). The summed E-state index contributed by atoms with van der Waals surface area (Å²) in [5.41, 5.74) is 8.08. The molecule has 0 radical (unpaired) electrons. The largest absolute Gasteiger partial charge is 0.492 e. The molecule has 0 aliphatic rings. The molecule has 0 aliphatic carbocycles. The van der Waals surface area contributed by atoms with Gasteiger partial charge in [-0.15, -0.1) is 11.3 Å². The van der Waals surface area contributed by atoms with Crippen molar-refractivity contribution in [1.82, 2.24) is 4.98 Å². The van der Waals surface area contributed by atoms with E-state index in [0.29, 0.717) is 23.7 Å². The molecule has 1 heterocycles. The lowest BCUT2D eigenvalue weighted by Crippen LogP contribution is -2.14. The Morgan fingerprint density at radius 3 is 3.00 bits per heavy atom. The molecule has 3 aromatic rings. The lowest BCUT2D eigenvalue weighted by atomic mass is 10.3. The van der Waals surface area contributed by atoms with E-state index in [0.717, 1.165) is 14.6 Å². The summed E-state index contributed by atoms with van der Waals surface area (Å²) >= 11 is 2.95. The Morgan fingerprint density at radius 1 is 1.33 bits per heavy atom. The average Bonchev–Trinajstić information content (AvgIpc) is 2.97. The lowest BCUT2D eigenvalue weighted by molar-refractivity contribution is -0.113. The molecule has 1 amide bonds. The number of aromatic nitrogens is 1. The van der Waals surface area contributed by atoms with E-state index in [1.807, 2.05) is 49.4 Å². The van der Waals surface area contributed by atoms with Crippen LogP contribution in [0.1, 0.15) is 6.92 Å². The van der Waals surface area contributed by atoms with E-state index in [4.69, 9.17) is 10.5 Å². The molecule has 0 saturated heterocycles. The fourth-order valence-electron chi connectivity index (χ4n) is 2.15. The number of benzene rings is 2. The van der Waals surface area contributed by atoms with Gasteiger partial charge in [0.25, 0.3) is 0 Å². The molecule has 24 heavy (non-hydrogen) atoms. The van der Waals surface area contributed by atoms with Gasteiger partial charge >= 0.3 is 0 Å². The summed E-state index contributed by atoms with van der Waals surface area (Å²) in [5.74, 6) is 0.871. The molecule has 1 aromatic heterocycles. The van der Waals surface area contributed by atoms with Crippen molar-refractivity contribution in [3.8, 4) is 5.75 Å². The highest BCUT2D eigenvalue weighted by atomic mass is 32.2. The Bertz CT molecular complexity index is 864. The van der Waals surface area contributed by atoms with Crippen LogP contribution in [0.5, 0.6) is 5.75 Å². The van der Waals surface area contributed by atoms with Crippen molar-refractivity contribution in [2.24, 2.45) is 0 Å². The maximum atomic E-state index is 12.2. The second-order valence-electron chi connectivity index (χ2n) is 4.97. The van der Waals surface area contributed by atoms with Gasteiger partial charge in [-0.25, -0.2) is 4.98 Å². The first-order chi connectivity index (χ1) is 11.7. The number of rotatable bonds is 6. The molecule has 0 saturated carbocycles. The summed E-state index contributed by atoms with van der Waals surface area (Å²) in [6.45, 7) is 2.46.